The Kier molecular flexibility index (Phi) is 4.39. The number of hydrogen-bond acceptors (Lipinski definition) is 3. The van der Waals surface area contributed by atoms with Crippen molar-refractivity contribution in [1.82, 2.24) is 0 Å². The Morgan fingerprint density at radius 1 is 1.39 bits per heavy atom. The summed E-state index contributed by atoms with van der Waals surface area (Å²) < 4.78 is 5.65. The number of hydrogen-bond donors (Lipinski definition) is 0. The van der Waals surface area contributed by atoms with E-state index in [0.717, 1.165) is 6.42 Å². The number of benzene rings is 1. The monoisotopic (exact) mass is 280 g/mol. The molecule has 1 aromatic carbocycles. The molecule has 0 atom stereocenters. The van der Waals surface area contributed by atoms with Gasteiger partial charge >= 0.3 is 0 Å². The van der Waals surface area contributed by atoms with Crippen LogP contribution in [0, 0.1) is 0 Å². The first-order valence-electron chi connectivity index (χ1n) is 5.61. The van der Waals surface area contributed by atoms with Gasteiger partial charge in [0, 0.05) is 11.4 Å². The maximum absolute atomic E-state index is 11.5. The Hall–Kier alpha value is -1.32. The van der Waals surface area contributed by atoms with Crippen molar-refractivity contribution in [3.05, 3.63) is 51.2 Å². The van der Waals surface area contributed by atoms with Gasteiger partial charge in [0.15, 0.2) is 5.78 Å². The van der Waals surface area contributed by atoms with Crippen LogP contribution in [0.4, 0.5) is 0 Å². The van der Waals surface area contributed by atoms with Crippen molar-refractivity contribution in [3.8, 4) is 5.75 Å². The average Bonchev–Trinajstić information content (AvgIpc) is 2.84. The summed E-state index contributed by atoms with van der Waals surface area (Å²) in [5.74, 6) is 0.560. The molecule has 0 amide bonds. The van der Waals surface area contributed by atoms with Crippen LogP contribution in [0.25, 0.3) is 0 Å². The number of ketones is 1. The summed E-state index contributed by atoms with van der Waals surface area (Å²) >= 11 is 7.54. The molecule has 0 aliphatic heterocycles. The third kappa shape index (κ3) is 3.34. The van der Waals surface area contributed by atoms with Crippen molar-refractivity contribution in [2.75, 3.05) is 6.61 Å². The number of thiophene rings is 1. The third-order valence-corrected chi connectivity index (χ3v) is 3.52. The van der Waals surface area contributed by atoms with Gasteiger partial charge in [-0.05, 0) is 47.5 Å². The van der Waals surface area contributed by atoms with E-state index in [1.807, 2.05) is 5.38 Å². The highest BCUT2D eigenvalue weighted by atomic mass is 35.5. The van der Waals surface area contributed by atoms with E-state index in [4.69, 9.17) is 16.3 Å². The highest BCUT2D eigenvalue weighted by Crippen LogP contribution is 2.23. The fourth-order valence-corrected chi connectivity index (χ4v) is 2.49. The molecule has 2 aromatic rings. The number of halogens is 1. The Labute approximate surface area is 115 Å². The zero-order valence-corrected chi connectivity index (χ0v) is 11.6. The van der Waals surface area contributed by atoms with Crippen LogP contribution in [0.1, 0.15) is 22.8 Å². The minimum absolute atomic E-state index is 0.0389. The summed E-state index contributed by atoms with van der Waals surface area (Å²) in [6.45, 7) is 2.07. The zero-order valence-electron chi connectivity index (χ0n) is 9.98. The third-order valence-electron chi connectivity index (χ3n) is 2.55. The summed E-state index contributed by atoms with van der Waals surface area (Å²) in [6, 6.07) is 7.19. The van der Waals surface area contributed by atoms with Gasteiger partial charge in [-0.3, -0.25) is 4.79 Å². The standard InChI is InChI=1S/C14H13ClO2S/c1-10(16)13-8-12(15)2-3-14(13)17-6-4-11-5-7-18-9-11/h2-3,5,7-9H,4,6H2,1H3. The summed E-state index contributed by atoms with van der Waals surface area (Å²) in [5.41, 5.74) is 1.78. The lowest BCUT2D eigenvalue weighted by Crippen LogP contribution is -2.04. The minimum atomic E-state index is -0.0389. The second-order valence-corrected chi connectivity index (χ2v) is 5.14. The Morgan fingerprint density at radius 2 is 2.22 bits per heavy atom. The molecule has 0 fully saturated rings. The molecule has 0 unspecified atom stereocenters. The molecule has 0 saturated carbocycles. The van der Waals surface area contributed by atoms with Gasteiger partial charge in [0.25, 0.3) is 0 Å². The van der Waals surface area contributed by atoms with Crippen LogP contribution >= 0.6 is 22.9 Å². The van der Waals surface area contributed by atoms with Crippen molar-refractivity contribution in [2.24, 2.45) is 0 Å². The van der Waals surface area contributed by atoms with Crippen LogP contribution in [0.15, 0.2) is 35.0 Å². The number of Topliss-reactive ketones (excluding diaryl/α,β-unsaturated/α-hetero) is 1. The summed E-state index contributed by atoms with van der Waals surface area (Å²) in [5, 5.41) is 4.68. The van der Waals surface area contributed by atoms with Crippen LogP contribution in [-0.4, -0.2) is 12.4 Å². The van der Waals surface area contributed by atoms with Crippen LogP contribution < -0.4 is 4.74 Å². The minimum Gasteiger partial charge on any atom is -0.492 e. The SMILES string of the molecule is CC(=O)c1cc(Cl)ccc1OCCc1ccsc1. The van der Waals surface area contributed by atoms with E-state index in [1.54, 1.807) is 29.5 Å². The van der Waals surface area contributed by atoms with E-state index < -0.39 is 0 Å². The van der Waals surface area contributed by atoms with E-state index in [0.29, 0.717) is 22.9 Å². The molecule has 4 heteroatoms. The van der Waals surface area contributed by atoms with Gasteiger partial charge in [-0.25, -0.2) is 0 Å². The molecule has 1 heterocycles. The molecule has 0 radical (unpaired) electrons. The summed E-state index contributed by atoms with van der Waals surface area (Å²) in [6.07, 6.45) is 0.837. The molecule has 2 rings (SSSR count). The van der Waals surface area contributed by atoms with E-state index in [1.165, 1.54) is 12.5 Å². The van der Waals surface area contributed by atoms with Crippen molar-refractivity contribution >= 4 is 28.7 Å². The molecule has 1 aromatic heterocycles. The molecular weight excluding hydrogens is 268 g/mol. The normalized spacial score (nSPS) is 10.3. The van der Waals surface area contributed by atoms with Gasteiger partial charge in [-0.2, -0.15) is 11.3 Å². The first-order chi connectivity index (χ1) is 8.66. The maximum Gasteiger partial charge on any atom is 0.163 e. The Morgan fingerprint density at radius 3 is 2.89 bits per heavy atom. The fraction of sp³-hybridized carbons (Fsp3) is 0.214. The van der Waals surface area contributed by atoms with Gasteiger partial charge in [-0.1, -0.05) is 11.6 Å². The van der Waals surface area contributed by atoms with Crippen LogP contribution in [0.5, 0.6) is 5.75 Å². The number of ether oxygens (including phenoxy) is 1. The van der Waals surface area contributed by atoms with E-state index in [9.17, 15) is 4.79 Å². The summed E-state index contributed by atoms with van der Waals surface area (Å²) in [4.78, 5) is 11.5. The molecule has 0 spiro atoms. The fourth-order valence-electron chi connectivity index (χ4n) is 1.62. The lowest BCUT2D eigenvalue weighted by Gasteiger charge is -2.09. The predicted octanol–water partition coefficient (Wildman–Crippen LogP) is 4.23. The van der Waals surface area contributed by atoms with Gasteiger partial charge in [-0.15, -0.1) is 0 Å². The lowest BCUT2D eigenvalue weighted by molar-refractivity contribution is 0.101. The quantitative estimate of drug-likeness (QED) is 0.766. The van der Waals surface area contributed by atoms with Crippen molar-refractivity contribution < 1.29 is 9.53 Å². The van der Waals surface area contributed by atoms with Crippen molar-refractivity contribution in [2.45, 2.75) is 13.3 Å². The van der Waals surface area contributed by atoms with Crippen molar-refractivity contribution in [3.63, 3.8) is 0 Å². The average molecular weight is 281 g/mol. The van der Waals surface area contributed by atoms with Crippen LogP contribution in [-0.2, 0) is 6.42 Å². The molecule has 0 aliphatic carbocycles. The largest absolute Gasteiger partial charge is 0.492 e. The van der Waals surface area contributed by atoms with E-state index in [2.05, 4.69) is 11.4 Å². The molecule has 0 bridgehead atoms. The highest BCUT2D eigenvalue weighted by Gasteiger charge is 2.09. The molecule has 0 saturated heterocycles. The number of carbonyl (C=O) groups is 1. The zero-order chi connectivity index (χ0) is 13.0. The molecule has 0 aliphatic rings. The topological polar surface area (TPSA) is 26.3 Å². The maximum atomic E-state index is 11.5. The Balaban J connectivity index is 2.02. The van der Waals surface area contributed by atoms with Crippen LogP contribution in [0.2, 0.25) is 5.02 Å². The van der Waals surface area contributed by atoms with Gasteiger partial charge < -0.3 is 4.74 Å². The van der Waals surface area contributed by atoms with E-state index >= 15 is 0 Å². The second-order valence-electron chi connectivity index (χ2n) is 3.93. The molecular formula is C14H13ClO2S. The first kappa shape index (κ1) is 13.1. The summed E-state index contributed by atoms with van der Waals surface area (Å²) in [7, 11) is 0. The lowest BCUT2D eigenvalue weighted by atomic mass is 10.1. The molecule has 18 heavy (non-hydrogen) atoms. The van der Waals surface area contributed by atoms with Gasteiger partial charge in [0.1, 0.15) is 5.75 Å². The highest BCUT2D eigenvalue weighted by molar-refractivity contribution is 7.07. The first-order valence-corrected chi connectivity index (χ1v) is 6.93. The predicted molar refractivity (Wildman–Crippen MR) is 75.0 cm³/mol. The molecule has 2 nitrogen and oxygen atoms in total. The number of rotatable bonds is 5. The van der Waals surface area contributed by atoms with Gasteiger partial charge in [0.2, 0.25) is 0 Å². The Bertz CT molecular complexity index is 535. The molecule has 0 N–H and O–H groups in total. The smallest absolute Gasteiger partial charge is 0.163 e. The number of carbonyl (C=O) groups excluding carboxylic acids is 1. The van der Waals surface area contributed by atoms with E-state index in [-0.39, 0.29) is 5.78 Å². The van der Waals surface area contributed by atoms with Crippen molar-refractivity contribution in [1.29, 1.82) is 0 Å². The molecule has 94 valence electrons. The van der Waals surface area contributed by atoms with Gasteiger partial charge in [0.05, 0.1) is 12.2 Å². The second kappa shape index (κ2) is 6.03. The van der Waals surface area contributed by atoms with Crippen LogP contribution in [0.3, 0.4) is 0 Å².